The molecule has 3 N–H and O–H groups in total. The first-order valence-electron chi connectivity index (χ1n) is 9.84. The first-order chi connectivity index (χ1) is 12.0. The summed E-state index contributed by atoms with van der Waals surface area (Å²) in [6.07, 6.45) is 7.06. The third-order valence-corrected chi connectivity index (χ3v) is 6.09. The number of rotatable bonds is 5. The predicted molar refractivity (Wildman–Crippen MR) is 99.9 cm³/mol. The molecule has 4 nitrogen and oxygen atoms in total. The Balaban J connectivity index is 1.77. The number of likely N-dealkylation sites (tertiary alicyclic amines) is 1. The molecule has 1 aliphatic heterocycles. The van der Waals surface area contributed by atoms with Gasteiger partial charge in [-0.05, 0) is 50.5 Å². The molecule has 2 aliphatic rings. The molecule has 1 aliphatic carbocycles. The molecule has 1 saturated heterocycles. The predicted octanol–water partition coefficient (Wildman–Crippen LogP) is 3.04. The van der Waals surface area contributed by atoms with Crippen LogP contribution in [0.25, 0.3) is 0 Å². The minimum absolute atomic E-state index is 0.0317. The number of benzene rings is 1. The van der Waals surface area contributed by atoms with Crippen LogP contribution in [0.4, 0.5) is 0 Å². The zero-order chi connectivity index (χ0) is 17.9. The fraction of sp³-hybridized carbons (Fsp3) is 0.667. The van der Waals surface area contributed by atoms with Crippen LogP contribution in [0.3, 0.4) is 0 Å². The zero-order valence-corrected chi connectivity index (χ0v) is 15.4. The van der Waals surface area contributed by atoms with Gasteiger partial charge in [-0.1, -0.05) is 43.2 Å². The Morgan fingerprint density at radius 2 is 1.80 bits per heavy atom. The lowest BCUT2D eigenvalue weighted by atomic mass is 9.78. The van der Waals surface area contributed by atoms with Gasteiger partial charge in [0.25, 0.3) is 5.91 Å². The summed E-state index contributed by atoms with van der Waals surface area (Å²) in [5, 5.41) is 11.6. The number of piperidine rings is 1. The van der Waals surface area contributed by atoms with Crippen LogP contribution in [-0.4, -0.2) is 35.0 Å². The maximum atomic E-state index is 13.4. The second-order valence-electron chi connectivity index (χ2n) is 8.06. The fourth-order valence-electron chi connectivity index (χ4n) is 4.71. The minimum Gasteiger partial charge on any atom is -0.375 e. The summed E-state index contributed by atoms with van der Waals surface area (Å²) in [7, 11) is 0. The molecule has 1 aromatic carbocycles. The number of hydrogen-bond donors (Lipinski definition) is 2. The van der Waals surface area contributed by atoms with Crippen molar-refractivity contribution in [1.29, 1.82) is 0 Å². The van der Waals surface area contributed by atoms with Crippen molar-refractivity contribution in [1.82, 2.24) is 4.90 Å². The molecule has 1 aromatic rings. The van der Waals surface area contributed by atoms with Gasteiger partial charge in [-0.15, -0.1) is 0 Å². The van der Waals surface area contributed by atoms with Crippen LogP contribution in [0.5, 0.6) is 0 Å². The van der Waals surface area contributed by atoms with Gasteiger partial charge in [0, 0.05) is 25.0 Å². The van der Waals surface area contributed by atoms with Crippen LogP contribution < -0.4 is 5.73 Å². The van der Waals surface area contributed by atoms with E-state index in [4.69, 9.17) is 5.73 Å². The molecule has 0 aromatic heterocycles. The van der Waals surface area contributed by atoms with Crippen LogP contribution in [0, 0.1) is 11.8 Å². The van der Waals surface area contributed by atoms with Crippen molar-refractivity contribution in [2.45, 2.75) is 63.5 Å². The van der Waals surface area contributed by atoms with E-state index in [0.29, 0.717) is 5.92 Å². The number of nitrogens with zero attached hydrogens (tertiary/aromatic N) is 1. The zero-order valence-electron chi connectivity index (χ0n) is 15.4. The van der Waals surface area contributed by atoms with Gasteiger partial charge in [-0.2, -0.15) is 0 Å². The normalized spacial score (nSPS) is 23.4. The van der Waals surface area contributed by atoms with E-state index in [-0.39, 0.29) is 17.9 Å². The summed E-state index contributed by atoms with van der Waals surface area (Å²) in [6.45, 7) is 3.52. The molecule has 1 saturated carbocycles. The largest absolute Gasteiger partial charge is 0.375 e. The highest BCUT2D eigenvalue weighted by atomic mass is 16.3. The lowest BCUT2D eigenvalue weighted by molar-refractivity contribution is -0.160. The van der Waals surface area contributed by atoms with Gasteiger partial charge in [0.1, 0.15) is 0 Å². The van der Waals surface area contributed by atoms with Crippen LogP contribution >= 0.6 is 0 Å². The molecule has 0 bridgehead atoms. The average molecular weight is 344 g/mol. The van der Waals surface area contributed by atoms with Crippen LogP contribution in [0.1, 0.15) is 57.4 Å². The molecular formula is C21H32N2O2. The molecule has 2 atom stereocenters. The summed E-state index contributed by atoms with van der Waals surface area (Å²) >= 11 is 0. The molecule has 0 radical (unpaired) electrons. The number of aliphatic hydroxyl groups is 1. The Kier molecular flexibility index (Phi) is 5.80. The summed E-state index contributed by atoms with van der Waals surface area (Å²) < 4.78 is 0. The molecule has 138 valence electrons. The number of amides is 1. The fourth-order valence-corrected chi connectivity index (χ4v) is 4.71. The summed E-state index contributed by atoms with van der Waals surface area (Å²) in [5.41, 5.74) is 5.31. The Labute approximate surface area is 151 Å². The van der Waals surface area contributed by atoms with Gasteiger partial charge < -0.3 is 15.7 Å². The van der Waals surface area contributed by atoms with Crippen molar-refractivity contribution in [2.75, 3.05) is 13.1 Å². The molecule has 25 heavy (non-hydrogen) atoms. The van der Waals surface area contributed by atoms with E-state index in [2.05, 4.69) is 0 Å². The van der Waals surface area contributed by atoms with Gasteiger partial charge in [0.2, 0.25) is 0 Å². The highest BCUT2D eigenvalue weighted by Crippen LogP contribution is 2.42. The van der Waals surface area contributed by atoms with E-state index < -0.39 is 5.60 Å². The molecule has 3 rings (SSSR count). The molecule has 4 heteroatoms. The van der Waals surface area contributed by atoms with Crippen LogP contribution in [0.15, 0.2) is 30.3 Å². The van der Waals surface area contributed by atoms with E-state index in [1.807, 2.05) is 42.2 Å². The molecular weight excluding hydrogens is 312 g/mol. The maximum Gasteiger partial charge on any atom is 0.259 e. The third-order valence-electron chi connectivity index (χ3n) is 6.09. The average Bonchev–Trinajstić information content (AvgIpc) is 3.16. The van der Waals surface area contributed by atoms with E-state index in [1.54, 1.807) is 0 Å². The summed E-state index contributed by atoms with van der Waals surface area (Å²) in [4.78, 5) is 15.3. The van der Waals surface area contributed by atoms with Crippen LogP contribution in [-0.2, 0) is 10.4 Å². The second-order valence-corrected chi connectivity index (χ2v) is 8.06. The summed E-state index contributed by atoms with van der Waals surface area (Å²) in [5.74, 6) is 0.536. The molecule has 1 amide bonds. The van der Waals surface area contributed by atoms with Gasteiger partial charge in [-0.3, -0.25) is 4.79 Å². The van der Waals surface area contributed by atoms with Crippen molar-refractivity contribution in [3.05, 3.63) is 35.9 Å². The highest BCUT2D eigenvalue weighted by molar-refractivity contribution is 5.87. The van der Waals surface area contributed by atoms with Crippen molar-refractivity contribution >= 4 is 5.91 Å². The van der Waals surface area contributed by atoms with E-state index in [0.717, 1.165) is 63.6 Å². The third kappa shape index (κ3) is 3.90. The number of nitrogens with two attached hydrogens (primary N) is 1. The Morgan fingerprint density at radius 3 is 2.36 bits per heavy atom. The Morgan fingerprint density at radius 1 is 1.20 bits per heavy atom. The minimum atomic E-state index is -1.37. The van der Waals surface area contributed by atoms with Gasteiger partial charge in [-0.25, -0.2) is 0 Å². The smallest absolute Gasteiger partial charge is 0.259 e. The number of carbonyl (C=O) groups excluding carboxylic acids is 1. The van der Waals surface area contributed by atoms with E-state index in [9.17, 15) is 9.90 Å². The van der Waals surface area contributed by atoms with Gasteiger partial charge in [0.05, 0.1) is 0 Å². The lowest BCUT2D eigenvalue weighted by Gasteiger charge is -2.40. The highest BCUT2D eigenvalue weighted by Gasteiger charge is 2.48. The van der Waals surface area contributed by atoms with E-state index >= 15 is 0 Å². The maximum absolute atomic E-state index is 13.4. The summed E-state index contributed by atoms with van der Waals surface area (Å²) in [6, 6.07) is 9.78. The van der Waals surface area contributed by atoms with Crippen molar-refractivity contribution in [3.63, 3.8) is 0 Å². The van der Waals surface area contributed by atoms with Gasteiger partial charge >= 0.3 is 0 Å². The Bertz CT molecular complexity index is 561. The SMILES string of the molecule is CC(N)CC1CCN(C(=O)[C@](O)(c2ccccc2)C2CCCC2)CC1. The molecule has 0 spiro atoms. The second kappa shape index (κ2) is 7.88. The molecule has 1 heterocycles. The van der Waals surface area contributed by atoms with Crippen molar-refractivity contribution in [3.8, 4) is 0 Å². The Hall–Kier alpha value is -1.39. The standard InChI is InChI=1S/C21H32N2O2/c1-16(22)15-17-11-13-23(14-12-17)20(24)21(25,19-9-5-6-10-19)18-7-3-2-4-8-18/h2-4,7-8,16-17,19,25H,5-6,9-15,22H2,1H3/t16?,21-/m0/s1. The quantitative estimate of drug-likeness (QED) is 0.863. The lowest BCUT2D eigenvalue weighted by Crippen LogP contribution is -2.53. The van der Waals surface area contributed by atoms with Crippen molar-refractivity contribution < 1.29 is 9.90 Å². The first kappa shape index (κ1) is 18.4. The molecule has 1 unspecified atom stereocenters. The number of carbonyl (C=O) groups is 1. The van der Waals surface area contributed by atoms with E-state index in [1.165, 1.54) is 0 Å². The number of hydrogen-bond acceptors (Lipinski definition) is 3. The van der Waals surface area contributed by atoms with Gasteiger partial charge in [0.15, 0.2) is 5.60 Å². The van der Waals surface area contributed by atoms with Crippen molar-refractivity contribution in [2.24, 2.45) is 17.6 Å². The first-order valence-corrected chi connectivity index (χ1v) is 9.84. The molecule has 2 fully saturated rings. The van der Waals surface area contributed by atoms with Crippen LogP contribution in [0.2, 0.25) is 0 Å². The topological polar surface area (TPSA) is 66.6 Å². The monoisotopic (exact) mass is 344 g/mol.